The summed E-state index contributed by atoms with van der Waals surface area (Å²) >= 11 is 0. The maximum absolute atomic E-state index is 14.8. The van der Waals surface area contributed by atoms with Gasteiger partial charge in [0.25, 0.3) is 0 Å². The molecule has 1 unspecified atom stereocenters. The fourth-order valence-electron chi connectivity index (χ4n) is 4.61. The number of phenolic OH excluding ortho intramolecular Hbond substituents is 2. The minimum Gasteiger partial charge on any atom is -0.508 e. The van der Waals surface area contributed by atoms with Crippen LogP contribution in [-0.4, -0.2) is 15.2 Å². The van der Waals surface area contributed by atoms with Crippen LogP contribution in [0.2, 0.25) is 0 Å². The molecule has 1 aromatic heterocycles. The molecule has 0 saturated heterocycles. The minimum absolute atomic E-state index is 0.0512. The fraction of sp³-hybridized carbons (Fsp3) is 0.0278. The van der Waals surface area contributed by atoms with E-state index < -0.39 is 13.4 Å². The van der Waals surface area contributed by atoms with Gasteiger partial charge in [0, 0.05) is 29.7 Å². The van der Waals surface area contributed by atoms with Gasteiger partial charge in [-0.25, -0.2) is 4.57 Å². The van der Waals surface area contributed by atoms with E-state index in [-0.39, 0.29) is 17.2 Å². The average molecular weight is 629 g/mol. The zero-order valence-electron chi connectivity index (χ0n) is 24.4. The van der Waals surface area contributed by atoms with Crippen LogP contribution in [0.3, 0.4) is 0 Å². The Morgan fingerprint density at radius 2 is 1.28 bits per heavy atom. The Hall–Kier alpha value is -5.92. The molecule has 0 amide bonds. The van der Waals surface area contributed by atoms with Gasteiger partial charge < -0.3 is 24.6 Å². The Balaban J connectivity index is 1.25. The zero-order valence-corrected chi connectivity index (χ0v) is 25.3. The standard InChI is InChI=1S/C36H29N4O5P/c41-31-21-22-34(35(42)24-31)40-39-30-19-15-27(16-20-30)26-13-17-29(18-14-26)38-36(28-8-7-23-37-25-28)46(43,44-32-9-3-1-4-10-32)45-33-11-5-2-6-12-33/h1-25,36,38,41-42H. The summed E-state index contributed by atoms with van der Waals surface area (Å²) in [6.45, 7) is 0. The molecule has 0 aliphatic rings. The van der Waals surface area contributed by atoms with Crippen molar-refractivity contribution in [3.05, 3.63) is 157 Å². The highest BCUT2D eigenvalue weighted by atomic mass is 31.2. The molecule has 0 aliphatic heterocycles. The van der Waals surface area contributed by atoms with Crippen LogP contribution in [0.1, 0.15) is 11.3 Å². The van der Waals surface area contributed by atoms with E-state index in [2.05, 4.69) is 20.5 Å². The van der Waals surface area contributed by atoms with Crippen LogP contribution in [0.4, 0.5) is 17.1 Å². The molecule has 0 aliphatic carbocycles. The van der Waals surface area contributed by atoms with Crippen LogP contribution in [0, 0.1) is 0 Å². The number of pyridine rings is 1. The van der Waals surface area contributed by atoms with Crippen molar-refractivity contribution in [3.63, 3.8) is 0 Å². The van der Waals surface area contributed by atoms with Crippen molar-refractivity contribution >= 4 is 24.7 Å². The zero-order chi connectivity index (χ0) is 31.8. The van der Waals surface area contributed by atoms with Crippen LogP contribution >= 0.6 is 7.60 Å². The highest BCUT2D eigenvalue weighted by Crippen LogP contribution is 2.60. The molecule has 1 heterocycles. The quantitative estimate of drug-likeness (QED) is 0.0963. The molecule has 5 aromatic carbocycles. The lowest BCUT2D eigenvalue weighted by Crippen LogP contribution is -2.18. The maximum atomic E-state index is 14.8. The number of rotatable bonds is 11. The number of hydrogen-bond donors (Lipinski definition) is 3. The molecule has 6 aromatic rings. The number of aromatic nitrogens is 1. The molecule has 0 saturated carbocycles. The van der Waals surface area contributed by atoms with Crippen molar-refractivity contribution in [1.29, 1.82) is 0 Å². The highest BCUT2D eigenvalue weighted by Gasteiger charge is 2.41. The number of nitrogens with one attached hydrogen (secondary N) is 1. The molecule has 9 nitrogen and oxygen atoms in total. The molecule has 1 atom stereocenters. The number of nitrogens with zero attached hydrogens (tertiary/aromatic N) is 3. The molecule has 6 rings (SSSR count). The van der Waals surface area contributed by atoms with Gasteiger partial charge in [-0.1, -0.05) is 66.7 Å². The predicted octanol–water partition coefficient (Wildman–Crippen LogP) is 10.0. The molecule has 46 heavy (non-hydrogen) atoms. The normalized spacial score (nSPS) is 12.0. The Morgan fingerprint density at radius 1 is 0.674 bits per heavy atom. The topological polar surface area (TPSA) is 126 Å². The van der Waals surface area contributed by atoms with Crippen molar-refractivity contribution in [2.45, 2.75) is 5.78 Å². The third-order valence-electron chi connectivity index (χ3n) is 6.89. The first-order valence-electron chi connectivity index (χ1n) is 14.3. The lowest BCUT2D eigenvalue weighted by molar-refractivity contribution is 0.376. The number of hydrogen-bond acceptors (Lipinski definition) is 9. The molecular weight excluding hydrogens is 599 g/mol. The van der Waals surface area contributed by atoms with Crippen LogP contribution < -0.4 is 14.4 Å². The third kappa shape index (κ3) is 7.41. The SMILES string of the molecule is O=P(Oc1ccccc1)(Oc1ccccc1)C(Nc1ccc(-c2ccc(N=Nc3ccc(O)cc3O)cc2)cc1)c1cccnc1. The van der Waals surface area contributed by atoms with Gasteiger partial charge in [-0.2, -0.15) is 5.11 Å². The Morgan fingerprint density at radius 3 is 1.85 bits per heavy atom. The molecule has 0 spiro atoms. The first-order valence-corrected chi connectivity index (χ1v) is 16.0. The summed E-state index contributed by atoms with van der Waals surface area (Å²) in [6.07, 6.45) is 3.30. The summed E-state index contributed by atoms with van der Waals surface area (Å²) in [7, 11) is -3.97. The molecular formula is C36H29N4O5P. The summed E-state index contributed by atoms with van der Waals surface area (Å²) < 4.78 is 27.1. The molecule has 10 heteroatoms. The third-order valence-corrected chi connectivity index (χ3v) is 8.88. The molecule has 0 radical (unpaired) electrons. The molecule has 3 N–H and O–H groups in total. The van der Waals surface area contributed by atoms with Gasteiger partial charge in [-0.3, -0.25) is 4.98 Å². The van der Waals surface area contributed by atoms with E-state index in [4.69, 9.17) is 9.05 Å². The summed E-state index contributed by atoms with van der Waals surface area (Å²) in [4.78, 5) is 4.26. The minimum atomic E-state index is -3.97. The van der Waals surface area contributed by atoms with Gasteiger partial charge in [0.2, 0.25) is 0 Å². The van der Waals surface area contributed by atoms with Gasteiger partial charge >= 0.3 is 7.60 Å². The highest BCUT2D eigenvalue weighted by molar-refractivity contribution is 7.55. The van der Waals surface area contributed by atoms with Crippen molar-refractivity contribution < 1.29 is 23.8 Å². The van der Waals surface area contributed by atoms with E-state index in [1.165, 1.54) is 18.2 Å². The average Bonchev–Trinajstić information content (AvgIpc) is 3.08. The van der Waals surface area contributed by atoms with Crippen molar-refractivity contribution in [3.8, 4) is 34.1 Å². The van der Waals surface area contributed by atoms with E-state index in [0.717, 1.165) is 11.1 Å². The van der Waals surface area contributed by atoms with Crippen LogP contribution in [0.25, 0.3) is 11.1 Å². The molecule has 0 fully saturated rings. The van der Waals surface area contributed by atoms with Gasteiger partial charge in [-0.15, -0.1) is 5.11 Å². The Kier molecular flexibility index (Phi) is 9.04. The van der Waals surface area contributed by atoms with E-state index in [9.17, 15) is 14.8 Å². The first kappa shape index (κ1) is 30.1. The lowest BCUT2D eigenvalue weighted by atomic mass is 10.1. The Bertz CT molecular complexity index is 1910. The lowest BCUT2D eigenvalue weighted by Gasteiger charge is -2.29. The fourth-order valence-corrected chi connectivity index (χ4v) is 6.51. The van der Waals surface area contributed by atoms with E-state index in [1.54, 1.807) is 42.7 Å². The largest absolute Gasteiger partial charge is 0.508 e. The van der Waals surface area contributed by atoms with Gasteiger partial charge in [0.15, 0.2) is 5.78 Å². The van der Waals surface area contributed by atoms with Crippen LogP contribution in [-0.2, 0) is 4.57 Å². The van der Waals surface area contributed by atoms with E-state index in [1.807, 2.05) is 91.0 Å². The molecule has 228 valence electrons. The second kappa shape index (κ2) is 13.8. The first-order chi connectivity index (χ1) is 22.4. The summed E-state index contributed by atoms with van der Waals surface area (Å²) in [6, 6.07) is 40.8. The number of benzene rings is 5. The number of phenols is 2. The second-order valence-corrected chi connectivity index (χ2v) is 12.1. The number of anilines is 1. The van der Waals surface area contributed by atoms with E-state index >= 15 is 0 Å². The van der Waals surface area contributed by atoms with Crippen LogP contribution in [0.5, 0.6) is 23.0 Å². The second-order valence-electron chi connectivity index (χ2n) is 10.2. The Labute approximate surface area is 266 Å². The van der Waals surface area contributed by atoms with Gasteiger partial charge in [-0.05, 0) is 77.9 Å². The van der Waals surface area contributed by atoms with Crippen LogP contribution in [0.15, 0.2) is 162 Å². The monoisotopic (exact) mass is 628 g/mol. The van der Waals surface area contributed by atoms with Gasteiger partial charge in [0.1, 0.15) is 28.7 Å². The number of para-hydroxylation sites is 2. The van der Waals surface area contributed by atoms with Crippen molar-refractivity contribution in [2.24, 2.45) is 10.2 Å². The summed E-state index contributed by atoms with van der Waals surface area (Å²) in [5, 5.41) is 31.0. The molecule has 0 bridgehead atoms. The smallest absolute Gasteiger partial charge is 0.457 e. The predicted molar refractivity (Wildman–Crippen MR) is 178 cm³/mol. The number of azo groups is 1. The van der Waals surface area contributed by atoms with Crippen molar-refractivity contribution in [2.75, 3.05) is 5.32 Å². The number of aromatic hydroxyl groups is 2. The summed E-state index contributed by atoms with van der Waals surface area (Å²) in [5.41, 5.74) is 4.08. The van der Waals surface area contributed by atoms with E-state index in [0.29, 0.717) is 28.4 Å². The summed E-state index contributed by atoms with van der Waals surface area (Å²) in [5.74, 6) is -0.282. The maximum Gasteiger partial charge on any atom is 0.457 e. The van der Waals surface area contributed by atoms with Crippen molar-refractivity contribution in [1.82, 2.24) is 4.98 Å². The van der Waals surface area contributed by atoms with Gasteiger partial charge in [0.05, 0.1) is 5.69 Å².